The molecule has 5 nitrogen and oxygen atoms in total. The van der Waals surface area contributed by atoms with Gasteiger partial charge in [-0.25, -0.2) is 4.98 Å². The van der Waals surface area contributed by atoms with Gasteiger partial charge in [-0.3, -0.25) is 4.79 Å². The van der Waals surface area contributed by atoms with E-state index in [9.17, 15) is 4.79 Å². The predicted octanol–water partition coefficient (Wildman–Crippen LogP) is 4.76. The van der Waals surface area contributed by atoms with Gasteiger partial charge in [-0.1, -0.05) is 18.5 Å². The van der Waals surface area contributed by atoms with E-state index in [0.29, 0.717) is 33.9 Å². The number of hydrogen-bond acceptors (Lipinski definition) is 6. The minimum atomic E-state index is 0.0341. The fourth-order valence-corrected chi connectivity index (χ4v) is 3.07. The highest BCUT2D eigenvalue weighted by Crippen LogP contribution is 2.29. The zero-order chi connectivity index (χ0) is 17.1. The average molecular weight is 359 g/mol. The Bertz CT molecular complexity index is 877. The molecule has 3 aromatic rings. The van der Waals surface area contributed by atoms with Crippen molar-refractivity contribution in [3.05, 3.63) is 52.1 Å². The lowest BCUT2D eigenvalue weighted by atomic mass is 10.1. The first-order valence-corrected chi connectivity index (χ1v) is 8.63. The number of aromatic nitrogens is 3. The first-order chi connectivity index (χ1) is 11.5. The third kappa shape index (κ3) is 3.77. The van der Waals surface area contributed by atoms with Crippen molar-refractivity contribution < 1.29 is 4.79 Å². The Labute approximate surface area is 148 Å². The van der Waals surface area contributed by atoms with Crippen LogP contribution >= 0.6 is 22.9 Å². The highest BCUT2D eigenvalue weighted by molar-refractivity contribution is 7.19. The maximum absolute atomic E-state index is 11.3. The number of aryl methyl sites for hydroxylation is 1. The van der Waals surface area contributed by atoms with Crippen LogP contribution in [0.2, 0.25) is 4.34 Å². The van der Waals surface area contributed by atoms with Crippen LogP contribution in [0.4, 0.5) is 11.6 Å². The highest BCUT2D eigenvalue weighted by Gasteiger charge is 2.10. The Hall–Kier alpha value is -2.31. The maximum Gasteiger partial charge on any atom is 0.231 e. The smallest absolute Gasteiger partial charge is 0.231 e. The van der Waals surface area contributed by atoms with Crippen molar-refractivity contribution in [2.24, 2.45) is 0 Å². The van der Waals surface area contributed by atoms with Crippen LogP contribution in [-0.4, -0.2) is 20.7 Å². The molecule has 0 aliphatic rings. The molecule has 0 saturated heterocycles. The molecule has 0 saturated carbocycles. The predicted molar refractivity (Wildman–Crippen MR) is 97.3 cm³/mol. The number of Topliss-reactive ketones (excluding diaryl/α,β-unsaturated/α-hetero) is 1. The minimum absolute atomic E-state index is 0.0341. The summed E-state index contributed by atoms with van der Waals surface area (Å²) >= 11 is 7.43. The first kappa shape index (κ1) is 16.5. The van der Waals surface area contributed by atoms with Crippen molar-refractivity contribution in [2.45, 2.75) is 20.3 Å². The maximum atomic E-state index is 11.3. The van der Waals surface area contributed by atoms with Crippen LogP contribution in [0.15, 0.2) is 36.4 Å². The van der Waals surface area contributed by atoms with Gasteiger partial charge in [0.25, 0.3) is 0 Å². The number of nitrogens with one attached hydrogen (secondary N) is 1. The first-order valence-electron chi connectivity index (χ1n) is 7.44. The average Bonchev–Trinajstić information content (AvgIpc) is 3.01. The molecule has 0 radical (unpaired) electrons. The topological polar surface area (TPSA) is 67.8 Å². The van der Waals surface area contributed by atoms with Crippen molar-refractivity contribution in [3.63, 3.8) is 0 Å². The molecule has 0 unspecified atom stereocenters. The molecule has 0 aliphatic carbocycles. The van der Waals surface area contributed by atoms with Crippen LogP contribution < -0.4 is 5.32 Å². The molecular formula is C17H15ClN4OS. The largest absolute Gasteiger partial charge is 0.324 e. The van der Waals surface area contributed by atoms with Gasteiger partial charge in [-0.15, -0.1) is 11.3 Å². The van der Waals surface area contributed by atoms with E-state index in [-0.39, 0.29) is 5.78 Å². The molecular weight excluding hydrogens is 344 g/mol. The van der Waals surface area contributed by atoms with E-state index >= 15 is 0 Å². The molecule has 0 spiro atoms. The lowest BCUT2D eigenvalue weighted by Gasteiger charge is -2.08. The van der Waals surface area contributed by atoms with Gasteiger partial charge in [0.1, 0.15) is 5.82 Å². The molecule has 3 rings (SSSR count). The van der Waals surface area contributed by atoms with Crippen LogP contribution in [-0.2, 0) is 6.42 Å². The second-order valence-electron chi connectivity index (χ2n) is 5.11. The van der Waals surface area contributed by atoms with Crippen molar-refractivity contribution in [3.8, 4) is 10.7 Å². The van der Waals surface area contributed by atoms with E-state index < -0.39 is 0 Å². The number of anilines is 2. The van der Waals surface area contributed by atoms with Gasteiger partial charge in [-0.2, -0.15) is 9.97 Å². The van der Waals surface area contributed by atoms with E-state index in [1.807, 2.05) is 31.2 Å². The second-order valence-corrected chi connectivity index (χ2v) is 6.83. The normalized spacial score (nSPS) is 10.6. The van der Waals surface area contributed by atoms with Crippen LogP contribution in [0.5, 0.6) is 0 Å². The van der Waals surface area contributed by atoms with Gasteiger partial charge < -0.3 is 5.32 Å². The molecule has 0 fully saturated rings. The van der Waals surface area contributed by atoms with Gasteiger partial charge in [0, 0.05) is 17.7 Å². The zero-order valence-corrected chi connectivity index (χ0v) is 14.8. The van der Waals surface area contributed by atoms with Crippen molar-refractivity contribution in [2.75, 3.05) is 5.32 Å². The standard InChI is InChI=1S/C17H15ClN4OS/c1-3-15-20-16(13-8-9-14(18)24-13)22-17(21-15)19-12-6-4-11(5-7-12)10(2)23/h4-9H,3H2,1-2H3,(H,19,20,21,22). The molecule has 2 aromatic heterocycles. The lowest BCUT2D eigenvalue weighted by molar-refractivity contribution is 0.101. The Morgan fingerprint density at radius 3 is 2.46 bits per heavy atom. The molecule has 0 aliphatic heterocycles. The zero-order valence-electron chi connectivity index (χ0n) is 13.2. The number of halogens is 1. The number of benzene rings is 1. The van der Waals surface area contributed by atoms with E-state index in [1.54, 1.807) is 19.1 Å². The molecule has 2 heterocycles. The molecule has 0 atom stereocenters. The highest BCUT2D eigenvalue weighted by atomic mass is 35.5. The number of ketones is 1. The van der Waals surface area contributed by atoms with E-state index in [2.05, 4.69) is 20.3 Å². The Morgan fingerprint density at radius 2 is 1.88 bits per heavy atom. The Morgan fingerprint density at radius 1 is 1.12 bits per heavy atom. The molecule has 1 aromatic carbocycles. The van der Waals surface area contributed by atoms with Crippen molar-refractivity contribution in [1.82, 2.24) is 15.0 Å². The van der Waals surface area contributed by atoms with Gasteiger partial charge in [0.15, 0.2) is 11.6 Å². The number of carbonyl (C=O) groups is 1. The summed E-state index contributed by atoms with van der Waals surface area (Å²) < 4.78 is 0.692. The molecule has 0 bridgehead atoms. The van der Waals surface area contributed by atoms with Crippen LogP contribution in [0.3, 0.4) is 0 Å². The summed E-state index contributed by atoms with van der Waals surface area (Å²) in [5, 5.41) is 3.16. The van der Waals surface area contributed by atoms with Crippen molar-refractivity contribution in [1.29, 1.82) is 0 Å². The third-order valence-corrected chi connectivity index (χ3v) is 4.57. The summed E-state index contributed by atoms with van der Waals surface area (Å²) in [6, 6.07) is 10.9. The molecule has 7 heteroatoms. The number of hydrogen-bond donors (Lipinski definition) is 1. The van der Waals surface area contributed by atoms with Gasteiger partial charge >= 0.3 is 0 Å². The summed E-state index contributed by atoms with van der Waals surface area (Å²) in [5.41, 5.74) is 1.47. The third-order valence-electron chi connectivity index (χ3n) is 3.34. The van der Waals surface area contributed by atoms with E-state index in [1.165, 1.54) is 11.3 Å². The quantitative estimate of drug-likeness (QED) is 0.666. The molecule has 122 valence electrons. The summed E-state index contributed by atoms with van der Waals surface area (Å²) in [4.78, 5) is 25.6. The SMILES string of the molecule is CCc1nc(Nc2ccc(C(C)=O)cc2)nc(-c2ccc(Cl)s2)n1. The van der Waals surface area contributed by atoms with E-state index in [4.69, 9.17) is 11.6 Å². The molecule has 24 heavy (non-hydrogen) atoms. The van der Waals surface area contributed by atoms with Crippen LogP contribution in [0, 0.1) is 0 Å². The fraction of sp³-hybridized carbons (Fsp3) is 0.176. The summed E-state index contributed by atoms with van der Waals surface area (Å²) in [7, 11) is 0. The molecule has 0 amide bonds. The second kappa shape index (κ2) is 7.07. The summed E-state index contributed by atoms with van der Waals surface area (Å²) in [6.07, 6.45) is 0.701. The molecule has 1 N–H and O–H groups in total. The minimum Gasteiger partial charge on any atom is -0.324 e. The number of nitrogens with zero attached hydrogens (tertiary/aromatic N) is 3. The fourth-order valence-electron chi connectivity index (χ4n) is 2.10. The van der Waals surface area contributed by atoms with Gasteiger partial charge in [0.05, 0.1) is 9.21 Å². The Kier molecular flexibility index (Phi) is 4.87. The number of rotatable bonds is 5. The van der Waals surface area contributed by atoms with Crippen LogP contribution in [0.25, 0.3) is 10.7 Å². The van der Waals surface area contributed by atoms with Gasteiger partial charge in [0.2, 0.25) is 5.95 Å². The number of carbonyl (C=O) groups excluding carboxylic acids is 1. The van der Waals surface area contributed by atoms with Gasteiger partial charge in [-0.05, 0) is 43.3 Å². The van der Waals surface area contributed by atoms with Crippen molar-refractivity contribution >= 4 is 40.4 Å². The van der Waals surface area contributed by atoms with E-state index in [0.717, 1.165) is 10.6 Å². The summed E-state index contributed by atoms with van der Waals surface area (Å²) in [6.45, 7) is 3.53. The lowest BCUT2D eigenvalue weighted by Crippen LogP contribution is -2.04. The summed E-state index contributed by atoms with van der Waals surface area (Å²) in [5.74, 6) is 1.80. The van der Waals surface area contributed by atoms with Crippen LogP contribution in [0.1, 0.15) is 30.0 Å². The number of thiophene rings is 1. The Balaban J connectivity index is 1.91. The monoisotopic (exact) mass is 358 g/mol.